The molecule has 3 heteroatoms. The fourth-order valence-corrected chi connectivity index (χ4v) is 1.19. The lowest BCUT2D eigenvalue weighted by Gasteiger charge is -2.03. The number of hydrogen-bond acceptors (Lipinski definition) is 2. The molecular weight excluding hydrogens is 150 g/mol. The summed E-state index contributed by atoms with van der Waals surface area (Å²) in [4.78, 5) is 0. The van der Waals surface area contributed by atoms with Crippen molar-refractivity contribution in [1.29, 1.82) is 0 Å². The summed E-state index contributed by atoms with van der Waals surface area (Å²) < 4.78 is 1.91. The van der Waals surface area contributed by atoms with Crippen LogP contribution in [0.25, 0.3) is 5.65 Å². The number of pyridine rings is 1. The zero-order valence-corrected chi connectivity index (χ0v) is 7.23. The summed E-state index contributed by atoms with van der Waals surface area (Å²) in [6, 6.07) is 4.17. The van der Waals surface area contributed by atoms with Gasteiger partial charge in [0, 0.05) is 6.20 Å². The fraction of sp³-hybridized carbons (Fsp3) is 0.333. The first-order chi connectivity index (χ1) is 5.77. The Morgan fingerprint density at radius 1 is 1.42 bits per heavy atom. The van der Waals surface area contributed by atoms with Gasteiger partial charge < -0.3 is 0 Å². The Balaban J connectivity index is 2.60. The van der Waals surface area contributed by atoms with Gasteiger partial charge in [0.05, 0.1) is 0 Å². The van der Waals surface area contributed by atoms with E-state index in [4.69, 9.17) is 0 Å². The molecule has 12 heavy (non-hydrogen) atoms. The molecule has 0 atom stereocenters. The van der Waals surface area contributed by atoms with Crippen molar-refractivity contribution in [3.63, 3.8) is 0 Å². The average Bonchev–Trinajstić information content (AvgIpc) is 2.49. The minimum Gasteiger partial charge on any atom is -0.289 e. The monoisotopic (exact) mass is 161 g/mol. The van der Waals surface area contributed by atoms with Gasteiger partial charge in [0.2, 0.25) is 0 Å². The van der Waals surface area contributed by atoms with Crippen LogP contribution in [0.15, 0.2) is 24.7 Å². The van der Waals surface area contributed by atoms with E-state index in [0.29, 0.717) is 5.92 Å². The molecule has 0 unspecified atom stereocenters. The van der Waals surface area contributed by atoms with E-state index in [1.807, 2.05) is 10.6 Å². The third-order valence-electron chi connectivity index (χ3n) is 1.99. The third-order valence-corrected chi connectivity index (χ3v) is 1.99. The SMILES string of the molecule is CC(C)c1ccn2cnnc2c1. The van der Waals surface area contributed by atoms with E-state index in [0.717, 1.165) is 5.65 Å². The smallest absolute Gasteiger partial charge is 0.160 e. The molecular formula is C9H11N3. The highest BCUT2D eigenvalue weighted by Gasteiger charge is 2.00. The average molecular weight is 161 g/mol. The van der Waals surface area contributed by atoms with Crippen LogP contribution >= 0.6 is 0 Å². The number of hydrogen-bond donors (Lipinski definition) is 0. The van der Waals surface area contributed by atoms with Crippen molar-refractivity contribution < 1.29 is 0 Å². The lowest BCUT2D eigenvalue weighted by Crippen LogP contribution is -1.90. The van der Waals surface area contributed by atoms with Gasteiger partial charge in [-0.1, -0.05) is 13.8 Å². The van der Waals surface area contributed by atoms with Crippen molar-refractivity contribution >= 4 is 5.65 Å². The number of fused-ring (bicyclic) bond motifs is 1. The van der Waals surface area contributed by atoms with Gasteiger partial charge in [-0.2, -0.15) is 0 Å². The molecule has 2 heterocycles. The van der Waals surface area contributed by atoms with Crippen LogP contribution < -0.4 is 0 Å². The molecule has 2 aromatic heterocycles. The normalized spacial score (nSPS) is 11.2. The second-order valence-electron chi connectivity index (χ2n) is 3.21. The van der Waals surface area contributed by atoms with Crippen LogP contribution in [-0.2, 0) is 0 Å². The van der Waals surface area contributed by atoms with Crippen LogP contribution in [-0.4, -0.2) is 14.6 Å². The first-order valence-electron chi connectivity index (χ1n) is 4.06. The predicted molar refractivity (Wildman–Crippen MR) is 47.1 cm³/mol. The Kier molecular flexibility index (Phi) is 1.57. The Labute approximate surface area is 71.1 Å². The van der Waals surface area contributed by atoms with E-state index in [9.17, 15) is 0 Å². The molecule has 2 aromatic rings. The minimum atomic E-state index is 0.548. The minimum absolute atomic E-state index is 0.548. The van der Waals surface area contributed by atoms with Gasteiger partial charge in [0.25, 0.3) is 0 Å². The molecule has 0 spiro atoms. The Morgan fingerprint density at radius 2 is 2.25 bits per heavy atom. The van der Waals surface area contributed by atoms with E-state index in [1.165, 1.54) is 5.56 Å². The zero-order chi connectivity index (χ0) is 8.55. The molecule has 0 radical (unpaired) electrons. The molecule has 0 aliphatic carbocycles. The van der Waals surface area contributed by atoms with Crippen LogP contribution in [0.1, 0.15) is 25.3 Å². The van der Waals surface area contributed by atoms with Crippen LogP contribution in [0.5, 0.6) is 0 Å². The largest absolute Gasteiger partial charge is 0.289 e. The topological polar surface area (TPSA) is 30.2 Å². The van der Waals surface area contributed by atoms with Gasteiger partial charge in [-0.05, 0) is 23.6 Å². The summed E-state index contributed by atoms with van der Waals surface area (Å²) in [6.07, 6.45) is 3.70. The van der Waals surface area contributed by atoms with E-state index in [1.54, 1.807) is 6.33 Å². The maximum Gasteiger partial charge on any atom is 0.160 e. The lowest BCUT2D eigenvalue weighted by atomic mass is 10.1. The van der Waals surface area contributed by atoms with Gasteiger partial charge in [0.1, 0.15) is 6.33 Å². The molecule has 0 saturated heterocycles. The molecule has 0 bridgehead atoms. The fourth-order valence-electron chi connectivity index (χ4n) is 1.19. The van der Waals surface area contributed by atoms with Crippen molar-refractivity contribution in [2.24, 2.45) is 0 Å². The summed E-state index contributed by atoms with van der Waals surface area (Å²) >= 11 is 0. The highest BCUT2D eigenvalue weighted by molar-refractivity contribution is 5.40. The summed E-state index contributed by atoms with van der Waals surface area (Å²) in [5, 5.41) is 7.79. The lowest BCUT2D eigenvalue weighted by molar-refractivity contribution is 0.863. The van der Waals surface area contributed by atoms with E-state index >= 15 is 0 Å². The molecule has 0 N–H and O–H groups in total. The Bertz CT molecular complexity index is 389. The van der Waals surface area contributed by atoms with Crippen molar-refractivity contribution in [1.82, 2.24) is 14.6 Å². The van der Waals surface area contributed by atoms with Gasteiger partial charge in [-0.25, -0.2) is 0 Å². The molecule has 0 saturated carbocycles. The molecule has 0 aromatic carbocycles. The molecule has 0 fully saturated rings. The summed E-state index contributed by atoms with van der Waals surface area (Å²) in [7, 11) is 0. The predicted octanol–water partition coefficient (Wildman–Crippen LogP) is 1.85. The van der Waals surface area contributed by atoms with Crippen LogP contribution in [0, 0.1) is 0 Å². The molecule has 0 aliphatic rings. The van der Waals surface area contributed by atoms with E-state index in [2.05, 4.69) is 36.2 Å². The molecule has 3 nitrogen and oxygen atoms in total. The Morgan fingerprint density at radius 3 is 3.00 bits per heavy atom. The maximum absolute atomic E-state index is 3.97. The summed E-state index contributed by atoms with van der Waals surface area (Å²) in [5.41, 5.74) is 2.22. The van der Waals surface area contributed by atoms with Crippen molar-refractivity contribution in [3.8, 4) is 0 Å². The molecule has 62 valence electrons. The highest BCUT2D eigenvalue weighted by Crippen LogP contribution is 2.14. The molecule has 0 aliphatic heterocycles. The van der Waals surface area contributed by atoms with Gasteiger partial charge in [-0.3, -0.25) is 4.40 Å². The van der Waals surface area contributed by atoms with Crippen molar-refractivity contribution in [3.05, 3.63) is 30.2 Å². The first-order valence-corrected chi connectivity index (χ1v) is 4.06. The van der Waals surface area contributed by atoms with Gasteiger partial charge in [0.15, 0.2) is 5.65 Å². The van der Waals surface area contributed by atoms with E-state index < -0.39 is 0 Å². The summed E-state index contributed by atoms with van der Waals surface area (Å²) in [6.45, 7) is 4.34. The first kappa shape index (κ1) is 7.28. The quantitative estimate of drug-likeness (QED) is 0.639. The third kappa shape index (κ3) is 1.07. The maximum atomic E-state index is 3.97. The van der Waals surface area contributed by atoms with E-state index in [-0.39, 0.29) is 0 Å². The molecule has 2 rings (SSSR count). The van der Waals surface area contributed by atoms with Crippen molar-refractivity contribution in [2.45, 2.75) is 19.8 Å². The second kappa shape index (κ2) is 2.59. The molecule has 0 amide bonds. The Hall–Kier alpha value is -1.38. The van der Waals surface area contributed by atoms with Gasteiger partial charge >= 0.3 is 0 Å². The van der Waals surface area contributed by atoms with Gasteiger partial charge in [-0.15, -0.1) is 10.2 Å². The van der Waals surface area contributed by atoms with Crippen LogP contribution in [0.3, 0.4) is 0 Å². The number of rotatable bonds is 1. The number of nitrogens with zero attached hydrogens (tertiary/aromatic N) is 3. The second-order valence-corrected chi connectivity index (χ2v) is 3.21. The van der Waals surface area contributed by atoms with Crippen molar-refractivity contribution in [2.75, 3.05) is 0 Å². The van der Waals surface area contributed by atoms with Crippen LogP contribution in [0.4, 0.5) is 0 Å². The zero-order valence-electron chi connectivity index (χ0n) is 7.23. The summed E-state index contributed by atoms with van der Waals surface area (Å²) in [5.74, 6) is 0.548. The van der Waals surface area contributed by atoms with Crippen LogP contribution in [0.2, 0.25) is 0 Å². The highest BCUT2D eigenvalue weighted by atomic mass is 15.2. The standard InChI is InChI=1S/C9H11N3/c1-7(2)8-3-4-12-6-10-11-9(12)5-8/h3-7H,1-2H3. The number of aromatic nitrogens is 3.